The van der Waals surface area contributed by atoms with E-state index < -0.39 is 0 Å². The lowest BCUT2D eigenvalue weighted by molar-refractivity contribution is 0.303. The highest BCUT2D eigenvalue weighted by Crippen LogP contribution is 2.19. The largest absolute Gasteiger partial charge is 0.302 e. The summed E-state index contributed by atoms with van der Waals surface area (Å²) < 4.78 is 0. The van der Waals surface area contributed by atoms with E-state index in [-0.39, 0.29) is 0 Å². The first-order chi connectivity index (χ1) is 7.49. The molecule has 0 N–H and O–H groups in total. The quantitative estimate of drug-likeness (QED) is 0.748. The van der Waals surface area contributed by atoms with Crippen LogP contribution < -0.4 is 0 Å². The van der Waals surface area contributed by atoms with E-state index in [1.165, 1.54) is 6.42 Å². The van der Waals surface area contributed by atoms with E-state index in [1.807, 2.05) is 0 Å². The number of pyridine rings is 1. The third kappa shape index (κ3) is 4.69. The molecule has 0 spiro atoms. The fraction of sp³-hybridized carbons (Fsp3) is 0.583. The molecule has 0 aliphatic heterocycles. The maximum Gasteiger partial charge on any atom is 0.130 e. The molecule has 90 valence electrons. The molecule has 0 amide bonds. The van der Waals surface area contributed by atoms with Crippen LogP contribution >= 0.6 is 23.2 Å². The highest BCUT2D eigenvalue weighted by Gasteiger charge is 2.06. The molecule has 1 heterocycles. The van der Waals surface area contributed by atoms with Gasteiger partial charge in [-0.15, -0.1) is 0 Å². The molecule has 16 heavy (non-hydrogen) atoms. The molecule has 0 bridgehead atoms. The first kappa shape index (κ1) is 13.8. The summed E-state index contributed by atoms with van der Waals surface area (Å²) in [6, 6.07) is 1.69. The lowest BCUT2D eigenvalue weighted by atomic mass is 10.1. The van der Waals surface area contributed by atoms with E-state index in [4.69, 9.17) is 23.2 Å². The zero-order valence-corrected chi connectivity index (χ0v) is 11.5. The normalized spacial score (nSPS) is 11.4. The summed E-state index contributed by atoms with van der Waals surface area (Å²) in [4.78, 5) is 6.29. The van der Waals surface area contributed by atoms with Gasteiger partial charge in [-0.3, -0.25) is 0 Å². The van der Waals surface area contributed by atoms with E-state index in [2.05, 4.69) is 30.8 Å². The van der Waals surface area contributed by atoms with Crippen molar-refractivity contribution in [2.24, 2.45) is 5.92 Å². The number of hydrogen-bond acceptors (Lipinski definition) is 2. The molecule has 0 atom stereocenters. The second-order valence-corrected chi connectivity index (χ2v) is 5.31. The van der Waals surface area contributed by atoms with Crippen molar-refractivity contribution in [3.05, 3.63) is 28.0 Å². The molecule has 1 aromatic heterocycles. The summed E-state index contributed by atoms with van der Waals surface area (Å²) in [5, 5.41) is 1.13. The smallest absolute Gasteiger partial charge is 0.130 e. The number of nitrogens with zero attached hydrogens (tertiary/aromatic N) is 2. The van der Waals surface area contributed by atoms with Crippen molar-refractivity contribution in [2.45, 2.75) is 26.8 Å². The fourth-order valence-electron chi connectivity index (χ4n) is 1.40. The fourth-order valence-corrected chi connectivity index (χ4v) is 1.83. The Bertz CT molecular complexity index is 340. The minimum atomic E-state index is 0.443. The van der Waals surface area contributed by atoms with Gasteiger partial charge < -0.3 is 4.90 Å². The topological polar surface area (TPSA) is 16.1 Å². The first-order valence-corrected chi connectivity index (χ1v) is 6.23. The van der Waals surface area contributed by atoms with Crippen LogP contribution in [0.4, 0.5) is 0 Å². The number of rotatable bonds is 5. The van der Waals surface area contributed by atoms with Gasteiger partial charge in [-0.05, 0) is 32.0 Å². The average molecular weight is 261 g/mol. The summed E-state index contributed by atoms with van der Waals surface area (Å²) in [6.07, 6.45) is 2.94. The summed E-state index contributed by atoms with van der Waals surface area (Å²) in [5.41, 5.74) is 1.03. The van der Waals surface area contributed by atoms with Crippen LogP contribution in [0.2, 0.25) is 10.2 Å². The molecular formula is C12H18Cl2N2. The van der Waals surface area contributed by atoms with Gasteiger partial charge in [0.15, 0.2) is 0 Å². The summed E-state index contributed by atoms with van der Waals surface area (Å²) in [6.45, 7) is 6.33. The van der Waals surface area contributed by atoms with E-state index >= 15 is 0 Å². The summed E-state index contributed by atoms with van der Waals surface area (Å²) in [7, 11) is 2.09. The first-order valence-electron chi connectivity index (χ1n) is 5.47. The van der Waals surface area contributed by atoms with Crippen LogP contribution in [0.15, 0.2) is 12.3 Å². The third-order valence-corrected chi connectivity index (χ3v) is 2.98. The standard InChI is InChI=1S/C12H18Cl2N2/c1-9(2)4-5-16(3)8-10-7-15-12(14)6-11(10)13/h6-7,9H,4-5,8H2,1-3H3. The molecule has 0 aliphatic carbocycles. The van der Waals surface area contributed by atoms with Crippen molar-refractivity contribution in [1.82, 2.24) is 9.88 Å². The van der Waals surface area contributed by atoms with Crippen molar-refractivity contribution in [3.63, 3.8) is 0 Å². The highest BCUT2D eigenvalue weighted by atomic mass is 35.5. The molecule has 1 rings (SSSR count). The van der Waals surface area contributed by atoms with Crippen molar-refractivity contribution in [3.8, 4) is 0 Å². The van der Waals surface area contributed by atoms with Gasteiger partial charge in [-0.2, -0.15) is 0 Å². The van der Waals surface area contributed by atoms with E-state index in [9.17, 15) is 0 Å². The summed E-state index contributed by atoms with van der Waals surface area (Å²) >= 11 is 11.8. The Labute approximate surface area is 108 Å². The minimum Gasteiger partial charge on any atom is -0.302 e. The second-order valence-electron chi connectivity index (χ2n) is 4.52. The molecule has 4 heteroatoms. The highest BCUT2D eigenvalue weighted by molar-refractivity contribution is 6.34. The van der Waals surface area contributed by atoms with Crippen molar-refractivity contribution < 1.29 is 0 Å². The molecule has 0 saturated heterocycles. The Balaban J connectivity index is 2.52. The van der Waals surface area contributed by atoms with Crippen LogP contribution in [0.1, 0.15) is 25.8 Å². The minimum absolute atomic E-state index is 0.443. The zero-order valence-electron chi connectivity index (χ0n) is 10.0. The SMILES string of the molecule is CC(C)CCN(C)Cc1cnc(Cl)cc1Cl. The van der Waals surface area contributed by atoms with Crippen molar-refractivity contribution >= 4 is 23.2 Å². The average Bonchev–Trinajstić information content (AvgIpc) is 2.19. The van der Waals surface area contributed by atoms with Crippen LogP contribution in [0.3, 0.4) is 0 Å². The van der Waals surface area contributed by atoms with Gasteiger partial charge in [0.2, 0.25) is 0 Å². The van der Waals surface area contributed by atoms with Gasteiger partial charge in [-0.25, -0.2) is 4.98 Å². The van der Waals surface area contributed by atoms with E-state index in [0.717, 1.165) is 24.6 Å². The number of aromatic nitrogens is 1. The monoisotopic (exact) mass is 260 g/mol. The Kier molecular flexibility index (Phi) is 5.53. The molecule has 0 saturated carbocycles. The molecule has 2 nitrogen and oxygen atoms in total. The van der Waals surface area contributed by atoms with Crippen LogP contribution in [0.5, 0.6) is 0 Å². The van der Waals surface area contributed by atoms with Crippen LogP contribution in [0, 0.1) is 5.92 Å². The third-order valence-electron chi connectivity index (χ3n) is 2.42. The predicted molar refractivity (Wildman–Crippen MR) is 70.0 cm³/mol. The maximum atomic E-state index is 6.09. The lowest BCUT2D eigenvalue weighted by Gasteiger charge is -2.18. The van der Waals surface area contributed by atoms with E-state index in [0.29, 0.717) is 10.2 Å². The molecule has 1 aromatic rings. The van der Waals surface area contributed by atoms with Crippen LogP contribution in [0.25, 0.3) is 0 Å². The predicted octanol–water partition coefficient (Wildman–Crippen LogP) is 3.87. The molecule has 0 aliphatic rings. The molecule has 0 fully saturated rings. The van der Waals surface area contributed by atoms with Gasteiger partial charge >= 0.3 is 0 Å². The molecular weight excluding hydrogens is 243 g/mol. The van der Waals surface area contributed by atoms with Crippen molar-refractivity contribution in [2.75, 3.05) is 13.6 Å². The Morgan fingerprint density at radius 2 is 2.06 bits per heavy atom. The molecule has 0 radical (unpaired) electrons. The van der Waals surface area contributed by atoms with Gasteiger partial charge in [0.25, 0.3) is 0 Å². The maximum absolute atomic E-state index is 6.09. The number of hydrogen-bond donors (Lipinski definition) is 0. The van der Waals surface area contributed by atoms with Gasteiger partial charge in [0.1, 0.15) is 5.15 Å². The summed E-state index contributed by atoms with van der Waals surface area (Å²) in [5.74, 6) is 0.723. The number of halogens is 2. The zero-order chi connectivity index (χ0) is 12.1. The Hall–Kier alpha value is -0.310. The molecule has 0 aromatic carbocycles. The van der Waals surface area contributed by atoms with Gasteiger partial charge in [0.05, 0.1) is 0 Å². The Morgan fingerprint density at radius 1 is 1.38 bits per heavy atom. The Morgan fingerprint density at radius 3 is 2.62 bits per heavy atom. The van der Waals surface area contributed by atoms with Gasteiger partial charge in [0, 0.05) is 23.3 Å². The van der Waals surface area contributed by atoms with Crippen LogP contribution in [-0.4, -0.2) is 23.5 Å². The lowest BCUT2D eigenvalue weighted by Crippen LogP contribution is -2.20. The van der Waals surface area contributed by atoms with Crippen LogP contribution in [-0.2, 0) is 6.54 Å². The van der Waals surface area contributed by atoms with Gasteiger partial charge in [-0.1, -0.05) is 37.0 Å². The van der Waals surface area contributed by atoms with Crippen molar-refractivity contribution in [1.29, 1.82) is 0 Å². The second kappa shape index (κ2) is 6.43. The molecule has 0 unspecified atom stereocenters. The van der Waals surface area contributed by atoms with E-state index in [1.54, 1.807) is 12.3 Å².